The number of aromatic nitrogens is 2. The summed E-state index contributed by atoms with van der Waals surface area (Å²) in [4.78, 5) is 6.54. The average Bonchev–Trinajstić information content (AvgIpc) is 3.11. The molecule has 0 saturated heterocycles. The second-order valence-corrected chi connectivity index (χ2v) is 5.83. The van der Waals surface area contributed by atoms with Crippen LogP contribution in [0.4, 0.5) is 13.2 Å². The lowest BCUT2D eigenvalue weighted by Gasteiger charge is -2.11. The van der Waals surface area contributed by atoms with Crippen LogP contribution in [0.3, 0.4) is 0 Å². The van der Waals surface area contributed by atoms with Crippen molar-refractivity contribution >= 4 is 11.6 Å². The van der Waals surface area contributed by atoms with E-state index < -0.39 is 11.7 Å². The third-order valence-electron chi connectivity index (χ3n) is 3.69. The fourth-order valence-corrected chi connectivity index (χ4v) is 2.48. The van der Waals surface area contributed by atoms with Crippen molar-refractivity contribution in [3.8, 4) is 22.8 Å². The summed E-state index contributed by atoms with van der Waals surface area (Å²) in [6.07, 6.45) is -2.16. The van der Waals surface area contributed by atoms with Crippen LogP contribution >= 0.6 is 11.6 Å². The predicted octanol–water partition coefficient (Wildman–Crippen LogP) is 5.34. The highest BCUT2D eigenvalue weighted by Crippen LogP contribution is 2.36. The van der Waals surface area contributed by atoms with Gasteiger partial charge in [-0.05, 0) is 23.8 Å². The van der Waals surface area contributed by atoms with Gasteiger partial charge in [-0.3, -0.25) is 0 Å². The number of hydrogen-bond donors (Lipinski definition) is 1. The first kappa shape index (κ1) is 18.1. The van der Waals surface area contributed by atoms with Gasteiger partial charge in [0.05, 0.1) is 23.9 Å². The summed E-state index contributed by atoms with van der Waals surface area (Å²) in [5.74, 6) is 1.05. The van der Waals surface area contributed by atoms with Crippen LogP contribution in [0, 0.1) is 0 Å². The third kappa shape index (κ3) is 4.11. The van der Waals surface area contributed by atoms with Crippen LogP contribution in [0.25, 0.3) is 11.3 Å². The normalized spacial score (nSPS) is 11.4. The zero-order chi connectivity index (χ0) is 18.7. The molecule has 1 N–H and O–H groups in total. The molecule has 0 atom stereocenters. The Kier molecular flexibility index (Phi) is 5.08. The topological polar surface area (TPSA) is 47.1 Å². The highest BCUT2D eigenvalue weighted by atomic mass is 35.5. The van der Waals surface area contributed by atoms with Crippen molar-refractivity contribution in [2.75, 3.05) is 7.11 Å². The molecule has 2 aromatic heterocycles. The lowest BCUT2D eigenvalue weighted by Crippen LogP contribution is -2.02. The van der Waals surface area contributed by atoms with Crippen molar-refractivity contribution in [3.05, 3.63) is 65.1 Å². The van der Waals surface area contributed by atoms with Gasteiger partial charge >= 0.3 is 6.18 Å². The van der Waals surface area contributed by atoms with E-state index in [1.165, 1.54) is 12.3 Å². The maximum atomic E-state index is 12.8. The monoisotopic (exact) mass is 382 g/mol. The summed E-state index contributed by atoms with van der Waals surface area (Å²) in [6.45, 7) is 0.212. The second kappa shape index (κ2) is 7.29. The maximum absolute atomic E-state index is 12.8. The quantitative estimate of drug-likeness (QED) is 0.606. The molecule has 0 spiro atoms. The molecule has 0 fully saturated rings. The second-order valence-electron chi connectivity index (χ2n) is 5.44. The Bertz CT molecular complexity index is 892. The van der Waals surface area contributed by atoms with Crippen LogP contribution in [-0.2, 0) is 12.8 Å². The van der Waals surface area contributed by atoms with E-state index in [9.17, 15) is 13.2 Å². The first-order valence-corrected chi connectivity index (χ1v) is 7.92. The number of H-pyrrole nitrogens is 1. The van der Waals surface area contributed by atoms with Gasteiger partial charge in [0.25, 0.3) is 0 Å². The summed E-state index contributed by atoms with van der Waals surface area (Å²) in [6, 6.07) is 9.72. The maximum Gasteiger partial charge on any atom is 0.417 e. The molecule has 8 heteroatoms. The molecule has 0 radical (unpaired) electrons. The van der Waals surface area contributed by atoms with Gasteiger partial charge in [-0.1, -0.05) is 23.7 Å². The van der Waals surface area contributed by atoms with Gasteiger partial charge in [-0.2, -0.15) is 13.2 Å². The molecule has 4 nitrogen and oxygen atoms in total. The third-order valence-corrected chi connectivity index (χ3v) is 3.89. The Hall–Kier alpha value is -2.67. The van der Waals surface area contributed by atoms with Gasteiger partial charge in [-0.25, -0.2) is 4.98 Å². The Morgan fingerprint density at radius 3 is 2.50 bits per heavy atom. The molecule has 136 valence electrons. The van der Waals surface area contributed by atoms with Crippen molar-refractivity contribution in [3.63, 3.8) is 0 Å². The Morgan fingerprint density at radius 2 is 1.88 bits per heavy atom. The van der Waals surface area contributed by atoms with E-state index in [-0.39, 0.29) is 17.5 Å². The number of methoxy groups -OCH3 is 1. The Labute approximate surface area is 152 Å². The molecule has 26 heavy (non-hydrogen) atoms. The molecule has 2 heterocycles. The van der Waals surface area contributed by atoms with Crippen molar-refractivity contribution in [2.24, 2.45) is 0 Å². The molecule has 0 aliphatic heterocycles. The van der Waals surface area contributed by atoms with Gasteiger partial charge < -0.3 is 14.5 Å². The summed E-state index contributed by atoms with van der Waals surface area (Å²) in [7, 11) is 1.57. The van der Waals surface area contributed by atoms with Crippen molar-refractivity contribution in [1.82, 2.24) is 9.97 Å². The fourth-order valence-electron chi connectivity index (χ4n) is 2.33. The molecule has 0 saturated carbocycles. The molecular weight excluding hydrogens is 369 g/mol. The number of rotatable bonds is 5. The van der Waals surface area contributed by atoms with Crippen LogP contribution in [-0.4, -0.2) is 17.1 Å². The zero-order valence-electron chi connectivity index (χ0n) is 13.6. The van der Waals surface area contributed by atoms with Crippen LogP contribution in [0.15, 0.2) is 48.8 Å². The lowest BCUT2D eigenvalue weighted by molar-refractivity contribution is -0.137. The number of nitrogens with one attached hydrogen (secondary N) is 1. The van der Waals surface area contributed by atoms with Gasteiger partial charge in [-0.15, -0.1) is 0 Å². The predicted molar refractivity (Wildman–Crippen MR) is 91.4 cm³/mol. The number of benzene rings is 1. The molecule has 3 rings (SSSR count). The summed E-state index contributed by atoms with van der Waals surface area (Å²) in [5, 5.41) is 0.182. The van der Waals surface area contributed by atoms with Crippen molar-refractivity contribution < 1.29 is 22.6 Å². The number of ether oxygens (including phenoxy) is 2. The summed E-state index contributed by atoms with van der Waals surface area (Å²) < 4.78 is 49.3. The number of alkyl halides is 3. The van der Waals surface area contributed by atoms with E-state index in [0.717, 1.165) is 17.8 Å². The van der Waals surface area contributed by atoms with Crippen molar-refractivity contribution in [1.29, 1.82) is 0 Å². The number of hydrogen-bond acceptors (Lipinski definition) is 3. The largest absolute Gasteiger partial charge is 0.497 e. The first-order chi connectivity index (χ1) is 12.4. The van der Waals surface area contributed by atoms with Crippen LogP contribution in [0.1, 0.15) is 11.1 Å². The zero-order valence-corrected chi connectivity index (χ0v) is 14.4. The van der Waals surface area contributed by atoms with E-state index in [1.807, 2.05) is 12.1 Å². The molecule has 0 amide bonds. The summed E-state index contributed by atoms with van der Waals surface area (Å²) >= 11 is 5.91. The minimum Gasteiger partial charge on any atom is -0.497 e. The van der Waals surface area contributed by atoms with Crippen LogP contribution < -0.4 is 9.47 Å². The van der Waals surface area contributed by atoms with Crippen LogP contribution in [0.5, 0.6) is 11.5 Å². The van der Waals surface area contributed by atoms with Gasteiger partial charge in [0, 0.05) is 18.5 Å². The molecule has 3 aromatic rings. The van der Waals surface area contributed by atoms with E-state index >= 15 is 0 Å². The number of aromatic amines is 1. The molecule has 0 aliphatic carbocycles. The lowest BCUT2D eigenvalue weighted by atomic mass is 10.1. The highest BCUT2D eigenvalue weighted by molar-refractivity contribution is 6.29. The average molecular weight is 383 g/mol. The summed E-state index contributed by atoms with van der Waals surface area (Å²) in [5.41, 5.74) is 0.723. The Balaban J connectivity index is 1.84. The van der Waals surface area contributed by atoms with E-state index in [2.05, 4.69) is 9.97 Å². The first-order valence-electron chi connectivity index (χ1n) is 7.54. The number of pyridine rings is 1. The molecule has 0 aliphatic rings. The number of halogens is 4. The standard InChI is InChI=1S/C18H14ClF3N2O2/c1-25-13-4-2-11(3-5-13)10-26-16-7-17(19)24-9-14(16)15-6-12(8-23-15)18(20,21)22/h2-9,23H,10H2,1H3. The molecule has 1 aromatic carbocycles. The van der Waals surface area contributed by atoms with Crippen molar-refractivity contribution in [2.45, 2.75) is 12.8 Å². The molecule has 0 unspecified atom stereocenters. The number of nitrogens with zero attached hydrogens (tertiary/aromatic N) is 1. The van der Waals surface area contributed by atoms with E-state index in [0.29, 0.717) is 17.1 Å². The minimum atomic E-state index is -4.43. The SMILES string of the molecule is COc1ccc(COc2cc(Cl)ncc2-c2cc(C(F)(F)F)c[nH]2)cc1. The molecular formula is C18H14ClF3N2O2. The van der Waals surface area contributed by atoms with Gasteiger partial charge in [0.1, 0.15) is 23.3 Å². The fraction of sp³-hybridized carbons (Fsp3) is 0.167. The molecule has 0 bridgehead atoms. The van der Waals surface area contributed by atoms with Gasteiger partial charge in [0.2, 0.25) is 0 Å². The smallest absolute Gasteiger partial charge is 0.417 e. The Morgan fingerprint density at radius 1 is 1.15 bits per heavy atom. The van der Waals surface area contributed by atoms with E-state index in [1.54, 1.807) is 19.2 Å². The highest BCUT2D eigenvalue weighted by Gasteiger charge is 2.32. The van der Waals surface area contributed by atoms with Crippen LogP contribution in [0.2, 0.25) is 5.15 Å². The van der Waals surface area contributed by atoms with E-state index in [4.69, 9.17) is 21.1 Å². The minimum absolute atomic E-state index is 0.182. The van der Waals surface area contributed by atoms with Gasteiger partial charge in [0.15, 0.2) is 0 Å².